The number of sulfonamides is 1. The SMILES string of the molecule is CCC(CC)CN(CC)S(=O)(=O)c1cc(C)c(Br)s1. The Kier molecular flexibility index (Phi) is 6.50. The van der Waals surface area contributed by atoms with E-state index >= 15 is 0 Å². The topological polar surface area (TPSA) is 37.4 Å². The van der Waals surface area contributed by atoms with Gasteiger partial charge in [-0.05, 0) is 40.4 Å². The lowest BCUT2D eigenvalue weighted by molar-refractivity contribution is 0.340. The van der Waals surface area contributed by atoms with Crippen LogP contribution in [-0.2, 0) is 10.0 Å². The van der Waals surface area contributed by atoms with Crippen LogP contribution in [0.25, 0.3) is 0 Å². The van der Waals surface area contributed by atoms with E-state index < -0.39 is 10.0 Å². The number of halogens is 1. The van der Waals surface area contributed by atoms with Gasteiger partial charge in [0.15, 0.2) is 0 Å². The molecule has 110 valence electrons. The van der Waals surface area contributed by atoms with E-state index in [-0.39, 0.29) is 0 Å². The molecule has 0 amide bonds. The molecule has 1 aromatic rings. The van der Waals surface area contributed by atoms with E-state index in [0.29, 0.717) is 23.2 Å². The molecule has 0 aliphatic rings. The van der Waals surface area contributed by atoms with Crippen molar-refractivity contribution in [1.82, 2.24) is 4.31 Å². The number of nitrogens with zero attached hydrogens (tertiary/aromatic N) is 1. The minimum atomic E-state index is -3.35. The smallest absolute Gasteiger partial charge is 0.206 e. The summed E-state index contributed by atoms with van der Waals surface area (Å²) in [6.45, 7) is 9.17. The van der Waals surface area contributed by atoms with E-state index in [4.69, 9.17) is 0 Å². The molecule has 19 heavy (non-hydrogen) atoms. The molecular formula is C13H22BrNO2S2. The zero-order chi connectivity index (χ0) is 14.6. The van der Waals surface area contributed by atoms with Gasteiger partial charge in [0.1, 0.15) is 4.21 Å². The first-order valence-corrected chi connectivity index (χ1v) is 9.67. The van der Waals surface area contributed by atoms with Gasteiger partial charge in [-0.1, -0.05) is 33.6 Å². The molecule has 0 unspecified atom stereocenters. The average molecular weight is 368 g/mol. The van der Waals surface area contributed by atoms with Crippen LogP contribution in [0.3, 0.4) is 0 Å². The van der Waals surface area contributed by atoms with Gasteiger partial charge in [-0.3, -0.25) is 0 Å². The molecule has 0 bridgehead atoms. The molecule has 0 atom stereocenters. The minimum Gasteiger partial charge on any atom is -0.206 e. The van der Waals surface area contributed by atoms with Crippen molar-refractivity contribution in [2.24, 2.45) is 5.92 Å². The Bertz CT molecular complexity index is 487. The molecule has 0 fully saturated rings. The molecule has 0 aliphatic carbocycles. The van der Waals surface area contributed by atoms with Gasteiger partial charge in [0.25, 0.3) is 10.0 Å². The fourth-order valence-electron chi connectivity index (χ4n) is 1.92. The first kappa shape index (κ1) is 17.1. The summed E-state index contributed by atoms with van der Waals surface area (Å²) in [4.78, 5) is 0. The first-order chi connectivity index (χ1) is 8.86. The van der Waals surface area contributed by atoms with Gasteiger partial charge < -0.3 is 0 Å². The van der Waals surface area contributed by atoms with E-state index in [2.05, 4.69) is 29.8 Å². The summed E-state index contributed by atoms with van der Waals surface area (Å²) in [5.41, 5.74) is 0.974. The van der Waals surface area contributed by atoms with Gasteiger partial charge in [0, 0.05) is 13.1 Å². The summed E-state index contributed by atoms with van der Waals surface area (Å²) in [5, 5.41) is 0. The van der Waals surface area contributed by atoms with Crippen molar-refractivity contribution in [3.05, 3.63) is 15.4 Å². The second kappa shape index (κ2) is 7.20. The Morgan fingerprint density at radius 1 is 1.32 bits per heavy atom. The van der Waals surface area contributed by atoms with Gasteiger partial charge >= 0.3 is 0 Å². The van der Waals surface area contributed by atoms with Crippen LogP contribution in [0.1, 0.15) is 39.2 Å². The lowest BCUT2D eigenvalue weighted by atomic mass is 10.0. The van der Waals surface area contributed by atoms with Crippen molar-refractivity contribution < 1.29 is 8.42 Å². The third-order valence-corrected chi connectivity index (χ3v) is 7.92. The highest BCUT2D eigenvalue weighted by molar-refractivity contribution is 9.11. The van der Waals surface area contributed by atoms with Gasteiger partial charge in [-0.25, -0.2) is 8.42 Å². The summed E-state index contributed by atoms with van der Waals surface area (Å²) >= 11 is 4.69. The zero-order valence-corrected chi connectivity index (χ0v) is 15.2. The van der Waals surface area contributed by atoms with Crippen LogP contribution >= 0.6 is 27.3 Å². The highest BCUT2D eigenvalue weighted by Crippen LogP contribution is 2.32. The molecule has 0 aliphatic heterocycles. The van der Waals surface area contributed by atoms with Crippen molar-refractivity contribution in [2.75, 3.05) is 13.1 Å². The van der Waals surface area contributed by atoms with Crippen LogP contribution in [-0.4, -0.2) is 25.8 Å². The largest absolute Gasteiger partial charge is 0.252 e. The van der Waals surface area contributed by atoms with Crippen molar-refractivity contribution in [3.63, 3.8) is 0 Å². The van der Waals surface area contributed by atoms with E-state index in [1.54, 1.807) is 10.4 Å². The molecule has 1 aromatic heterocycles. The third kappa shape index (κ3) is 4.03. The molecule has 0 radical (unpaired) electrons. The Morgan fingerprint density at radius 3 is 2.26 bits per heavy atom. The van der Waals surface area contributed by atoms with Gasteiger partial charge in [0.2, 0.25) is 0 Å². The van der Waals surface area contributed by atoms with E-state index in [1.165, 1.54) is 11.3 Å². The molecule has 0 spiro atoms. The Morgan fingerprint density at radius 2 is 1.89 bits per heavy atom. The van der Waals surface area contributed by atoms with Gasteiger partial charge in [-0.15, -0.1) is 11.3 Å². The molecule has 0 saturated carbocycles. The number of aryl methyl sites for hydroxylation is 1. The van der Waals surface area contributed by atoms with Crippen LogP contribution in [0.5, 0.6) is 0 Å². The maximum absolute atomic E-state index is 12.6. The fourth-order valence-corrected chi connectivity index (χ4v) is 5.82. The highest BCUT2D eigenvalue weighted by atomic mass is 79.9. The van der Waals surface area contributed by atoms with Crippen LogP contribution in [0.2, 0.25) is 0 Å². The number of hydrogen-bond donors (Lipinski definition) is 0. The van der Waals surface area contributed by atoms with E-state index in [1.807, 2.05) is 13.8 Å². The van der Waals surface area contributed by atoms with Gasteiger partial charge in [0.05, 0.1) is 3.79 Å². The van der Waals surface area contributed by atoms with Crippen molar-refractivity contribution >= 4 is 37.3 Å². The van der Waals surface area contributed by atoms with Crippen molar-refractivity contribution in [1.29, 1.82) is 0 Å². The zero-order valence-electron chi connectivity index (χ0n) is 11.9. The molecule has 1 heterocycles. The molecule has 3 nitrogen and oxygen atoms in total. The van der Waals surface area contributed by atoms with Crippen molar-refractivity contribution in [3.8, 4) is 0 Å². The Hall–Kier alpha value is 0.0900. The van der Waals surface area contributed by atoms with Crippen LogP contribution in [0.15, 0.2) is 14.1 Å². The highest BCUT2D eigenvalue weighted by Gasteiger charge is 2.27. The second-order valence-corrected chi connectivity index (χ2v) is 9.20. The molecule has 0 aromatic carbocycles. The van der Waals surface area contributed by atoms with Crippen molar-refractivity contribution in [2.45, 2.75) is 44.7 Å². The lowest BCUT2D eigenvalue weighted by Crippen LogP contribution is -2.34. The molecule has 1 rings (SSSR count). The summed E-state index contributed by atoms with van der Waals surface area (Å²) in [5.74, 6) is 0.430. The standard InChI is InChI=1S/C13H22BrNO2S2/c1-5-11(6-2)9-15(7-3)19(16,17)12-8-10(4)13(14)18-12/h8,11H,5-7,9H2,1-4H3. The normalized spacial score (nSPS) is 12.6. The average Bonchev–Trinajstić information content (AvgIpc) is 2.71. The summed E-state index contributed by atoms with van der Waals surface area (Å²) in [6, 6.07) is 1.75. The third-order valence-electron chi connectivity index (χ3n) is 3.40. The number of thiophene rings is 1. The molecular weight excluding hydrogens is 346 g/mol. The fraction of sp³-hybridized carbons (Fsp3) is 0.692. The van der Waals surface area contributed by atoms with E-state index in [9.17, 15) is 8.42 Å². The van der Waals surface area contributed by atoms with Gasteiger partial charge in [-0.2, -0.15) is 4.31 Å². The molecule has 0 saturated heterocycles. The molecule has 6 heteroatoms. The predicted octanol–water partition coefficient (Wildman–Crippen LogP) is 4.27. The quantitative estimate of drug-likeness (QED) is 0.721. The summed E-state index contributed by atoms with van der Waals surface area (Å²) < 4.78 is 28.2. The number of hydrogen-bond acceptors (Lipinski definition) is 3. The molecule has 0 N–H and O–H groups in total. The van der Waals surface area contributed by atoms with Crippen LogP contribution < -0.4 is 0 Å². The van der Waals surface area contributed by atoms with Crippen LogP contribution in [0, 0.1) is 12.8 Å². The minimum absolute atomic E-state index is 0.430. The first-order valence-electron chi connectivity index (χ1n) is 6.62. The number of rotatable bonds is 7. The second-order valence-electron chi connectivity index (χ2n) is 4.66. The summed E-state index contributed by atoms with van der Waals surface area (Å²) in [6.07, 6.45) is 2.02. The predicted molar refractivity (Wildman–Crippen MR) is 85.3 cm³/mol. The maximum atomic E-state index is 12.6. The Labute approximate surface area is 129 Å². The van der Waals surface area contributed by atoms with Crippen LogP contribution in [0.4, 0.5) is 0 Å². The monoisotopic (exact) mass is 367 g/mol. The summed E-state index contributed by atoms with van der Waals surface area (Å²) in [7, 11) is -3.35. The van der Waals surface area contributed by atoms with E-state index in [0.717, 1.165) is 22.2 Å². The Balaban J connectivity index is 3.02. The lowest BCUT2D eigenvalue weighted by Gasteiger charge is -2.24. The maximum Gasteiger partial charge on any atom is 0.252 e.